The number of ether oxygens (including phenoxy) is 1. The van der Waals surface area contributed by atoms with Gasteiger partial charge in [0.15, 0.2) is 5.69 Å². The van der Waals surface area contributed by atoms with Crippen LogP contribution in [0.4, 0.5) is 13.2 Å². The summed E-state index contributed by atoms with van der Waals surface area (Å²) in [4.78, 5) is 11.0. The predicted molar refractivity (Wildman–Crippen MR) is 90.1 cm³/mol. The molecule has 0 unspecified atom stereocenters. The third-order valence-electron chi connectivity index (χ3n) is 3.98. The number of aromatic carboxylic acids is 1. The van der Waals surface area contributed by atoms with Crippen LogP contribution in [-0.2, 0) is 13.2 Å². The highest BCUT2D eigenvalue weighted by Crippen LogP contribution is 2.24. The Hall–Kier alpha value is -3.29. The Labute approximate surface area is 152 Å². The Morgan fingerprint density at radius 1 is 1.15 bits per heavy atom. The Morgan fingerprint density at radius 3 is 2.48 bits per heavy atom. The number of halogens is 3. The van der Waals surface area contributed by atoms with Crippen LogP contribution in [0.5, 0.6) is 5.75 Å². The van der Waals surface area contributed by atoms with E-state index in [1.165, 1.54) is 28.9 Å². The maximum Gasteiger partial charge on any atom is 0.356 e. The number of carbonyl (C=O) groups is 1. The molecule has 0 atom stereocenters. The molecule has 1 aromatic heterocycles. The van der Waals surface area contributed by atoms with Gasteiger partial charge in [0.1, 0.15) is 29.8 Å². The molecule has 0 aliphatic heterocycles. The highest BCUT2D eigenvalue weighted by Gasteiger charge is 2.15. The Kier molecular flexibility index (Phi) is 5.16. The first-order chi connectivity index (χ1) is 12.8. The van der Waals surface area contributed by atoms with Crippen molar-refractivity contribution in [3.8, 4) is 5.75 Å². The zero-order chi connectivity index (χ0) is 19.6. The van der Waals surface area contributed by atoms with Crippen molar-refractivity contribution in [1.82, 2.24) is 9.78 Å². The predicted octanol–water partition coefficient (Wildman–Crippen LogP) is 3.93. The standard InChI is InChI=1S/C19H15F3N2O3/c1-11-7-17(19(25)26)23-24(11)9-12-8-13(20)5-6-18(12)27-10-14-15(21)3-2-4-16(14)22/h2-8H,9-10H2,1H3,(H,25,26). The second-order valence-electron chi connectivity index (χ2n) is 5.87. The van der Waals surface area contributed by atoms with Crippen LogP contribution < -0.4 is 4.74 Å². The molecule has 3 rings (SSSR count). The van der Waals surface area contributed by atoms with Crippen LogP contribution in [0.1, 0.15) is 27.3 Å². The van der Waals surface area contributed by atoms with Crippen LogP contribution in [0.3, 0.4) is 0 Å². The lowest BCUT2D eigenvalue weighted by molar-refractivity contribution is 0.0689. The SMILES string of the molecule is Cc1cc(C(=O)O)nn1Cc1cc(F)ccc1OCc1c(F)cccc1F. The first kappa shape index (κ1) is 18.5. The fourth-order valence-electron chi connectivity index (χ4n) is 2.57. The molecular weight excluding hydrogens is 361 g/mol. The molecule has 0 saturated carbocycles. The molecule has 140 valence electrons. The summed E-state index contributed by atoms with van der Waals surface area (Å²) >= 11 is 0. The number of hydrogen-bond donors (Lipinski definition) is 1. The third-order valence-corrected chi connectivity index (χ3v) is 3.98. The van der Waals surface area contributed by atoms with Gasteiger partial charge in [-0.3, -0.25) is 4.68 Å². The van der Waals surface area contributed by atoms with Gasteiger partial charge in [-0.2, -0.15) is 5.10 Å². The highest BCUT2D eigenvalue weighted by molar-refractivity contribution is 5.85. The average molecular weight is 376 g/mol. The topological polar surface area (TPSA) is 64.3 Å². The Balaban J connectivity index is 1.86. The van der Waals surface area contributed by atoms with E-state index in [0.29, 0.717) is 11.3 Å². The molecule has 0 saturated heterocycles. The van der Waals surface area contributed by atoms with Crippen LogP contribution in [-0.4, -0.2) is 20.9 Å². The van der Waals surface area contributed by atoms with E-state index >= 15 is 0 Å². The van der Waals surface area contributed by atoms with E-state index in [2.05, 4.69) is 5.10 Å². The van der Waals surface area contributed by atoms with Crippen molar-refractivity contribution in [1.29, 1.82) is 0 Å². The molecule has 0 aliphatic rings. The largest absolute Gasteiger partial charge is 0.488 e. The van der Waals surface area contributed by atoms with Crippen LogP contribution in [0, 0.1) is 24.4 Å². The van der Waals surface area contributed by atoms with Gasteiger partial charge in [0.05, 0.1) is 12.1 Å². The summed E-state index contributed by atoms with van der Waals surface area (Å²) in [6, 6.07) is 8.58. The lowest BCUT2D eigenvalue weighted by Crippen LogP contribution is -2.09. The van der Waals surface area contributed by atoms with Crippen LogP contribution >= 0.6 is 0 Å². The van der Waals surface area contributed by atoms with Crippen molar-refractivity contribution in [3.63, 3.8) is 0 Å². The number of aryl methyl sites for hydroxylation is 1. The maximum atomic E-state index is 13.7. The fraction of sp³-hybridized carbons (Fsp3) is 0.158. The number of carboxylic acids is 1. The minimum Gasteiger partial charge on any atom is -0.488 e. The monoisotopic (exact) mass is 376 g/mol. The first-order valence-electron chi connectivity index (χ1n) is 7.97. The zero-order valence-corrected chi connectivity index (χ0v) is 14.2. The van der Waals surface area contributed by atoms with Gasteiger partial charge >= 0.3 is 5.97 Å². The quantitative estimate of drug-likeness (QED) is 0.708. The number of benzene rings is 2. The van der Waals surface area contributed by atoms with Gasteiger partial charge in [0.25, 0.3) is 0 Å². The van der Waals surface area contributed by atoms with Crippen LogP contribution in [0.2, 0.25) is 0 Å². The van der Waals surface area contributed by atoms with E-state index in [1.54, 1.807) is 6.92 Å². The van der Waals surface area contributed by atoms with Crippen LogP contribution in [0.15, 0.2) is 42.5 Å². The molecule has 8 heteroatoms. The van der Waals surface area contributed by atoms with E-state index in [-0.39, 0.29) is 30.2 Å². The number of nitrogens with zero attached hydrogens (tertiary/aromatic N) is 2. The normalized spacial score (nSPS) is 10.8. The maximum absolute atomic E-state index is 13.7. The molecule has 5 nitrogen and oxygen atoms in total. The second kappa shape index (κ2) is 7.53. The summed E-state index contributed by atoms with van der Waals surface area (Å²) in [5, 5.41) is 13.0. The van der Waals surface area contributed by atoms with Gasteiger partial charge in [0.2, 0.25) is 0 Å². The molecule has 0 spiro atoms. The summed E-state index contributed by atoms with van der Waals surface area (Å²) in [5.41, 5.74) is 0.536. The summed E-state index contributed by atoms with van der Waals surface area (Å²) < 4.78 is 48.1. The molecule has 0 amide bonds. The van der Waals surface area contributed by atoms with Crippen molar-refractivity contribution in [3.05, 3.63) is 82.4 Å². The van der Waals surface area contributed by atoms with Crippen molar-refractivity contribution in [2.24, 2.45) is 0 Å². The average Bonchev–Trinajstić information content (AvgIpc) is 2.97. The lowest BCUT2D eigenvalue weighted by atomic mass is 10.2. The molecule has 1 heterocycles. The second-order valence-corrected chi connectivity index (χ2v) is 5.87. The summed E-state index contributed by atoms with van der Waals surface area (Å²) in [7, 11) is 0. The molecule has 0 radical (unpaired) electrons. The van der Waals surface area contributed by atoms with Gasteiger partial charge in [-0.25, -0.2) is 18.0 Å². The van der Waals surface area contributed by atoms with Crippen molar-refractivity contribution >= 4 is 5.97 Å². The zero-order valence-electron chi connectivity index (χ0n) is 14.2. The molecule has 3 aromatic rings. The third kappa shape index (κ3) is 4.11. The first-order valence-corrected chi connectivity index (χ1v) is 7.97. The van der Waals surface area contributed by atoms with Crippen LogP contribution in [0.25, 0.3) is 0 Å². The van der Waals surface area contributed by atoms with Gasteiger partial charge in [-0.1, -0.05) is 6.07 Å². The van der Waals surface area contributed by atoms with E-state index in [9.17, 15) is 18.0 Å². The Bertz CT molecular complexity index is 982. The van der Waals surface area contributed by atoms with E-state index in [0.717, 1.165) is 18.2 Å². The molecular formula is C19H15F3N2O3. The molecule has 2 aromatic carbocycles. The van der Waals surface area contributed by atoms with E-state index in [4.69, 9.17) is 9.84 Å². The van der Waals surface area contributed by atoms with Gasteiger partial charge < -0.3 is 9.84 Å². The minimum absolute atomic E-state index is 0.0337. The minimum atomic E-state index is -1.18. The number of carboxylic acid groups (broad SMARTS) is 1. The fourth-order valence-corrected chi connectivity index (χ4v) is 2.57. The van der Waals surface area contributed by atoms with Gasteiger partial charge in [0, 0.05) is 11.3 Å². The molecule has 1 N–H and O–H groups in total. The van der Waals surface area contributed by atoms with Gasteiger partial charge in [-0.15, -0.1) is 0 Å². The van der Waals surface area contributed by atoms with Crippen molar-refractivity contribution in [2.75, 3.05) is 0 Å². The molecule has 0 fully saturated rings. The molecule has 0 aliphatic carbocycles. The van der Waals surface area contributed by atoms with Crippen molar-refractivity contribution < 1.29 is 27.8 Å². The summed E-state index contributed by atoms with van der Waals surface area (Å²) in [6.45, 7) is 1.32. The number of hydrogen-bond acceptors (Lipinski definition) is 3. The van der Waals surface area contributed by atoms with Gasteiger partial charge in [-0.05, 0) is 43.3 Å². The highest BCUT2D eigenvalue weighted by atomic mass is 19.1. The number of rotatable bonds is 6. The lowest BCUT2D eigenvalue weighted by Gasteiger charge is -2.13. The number of aromatic nitrogens is 2. The summed E-state index contributed by atoms with van der Waals surface area (Å²) in [5.74, 6) is -2.98. The molecule has 27 heavy (non-hydrogen) atoms. The smallest absolute Gasteiger partial charge is 0.356 e. The summed E-state index contributed by atoms with van der Waals surface area (Å²) in [6.07, 6.45) is 0. The van der Waals surface area contributed by atoms with E-state index < -0.39 is 23.4 Å². The van der Waals surface area contributed by atoms with Crippen molar-refractivity contribution in [2.45, 2.75) is 20.1 Å². The Morgan fingerprint density at radius 2 is 1.85 bits per heavy atom. The van der Waals surface area contributed by atoms with E-state index in [1.807, 2.05) is 0 Å². The molecule has 0 bridgehead atoms.